The highest BCUT2D eigenvalue weighted by atomic mass is 19.1. The molecule has 2 aliphatic heterocycles. The normalized spacial score (nSPS) is 23.1. The minimum atomic E-state index is -0.183. The number of piperidine rings is 1. The van der Waals surface area contributed by atoms with Crippen LogP contribution in [0.15, 0.2) is 24.3 Å². The van der Waals surface area contributed by atoms with Gasteiger partial charge >= 0.3 is 0 Å². The molecule has 2 heterocycles. The lowest BCUT2D eigenvalue weighted by atomic mass is 9.94. The minimum absolute atomic E-state index is 0.183. The molecule has 0 aliphatic carbocycles. The zero-order chi connectivity index (χ0) is 16.2. The fraction of sp³-hybridized carbons (Fsp3) is 0.611. The highest BCUT2D eigenvalue weighted by molar-refractivity contribution is 5.76. The summed E-state index contributed by atoms with van der Waals surface area (Å²) in [5, 5.41) is 0. The van der Waals surface area contributed by atoms with Crippen LogP contribution in [0.2, 0.25) is 0 Å². The van der Waals surface area contributed by atoms with Crippen molar-refractivity contribution < 1.29 is 9.18 Å². The van der Waals surface area contributed by atoms with E-state index in [9.17, 15) is 9.18 Å². The van der Waals surface area contributed by atoms with Crippen LogP contribution in [-0.4, -0.2) is 62.0 Å². The Kier molecular flexibility index (Phi) is 5.16. The third-order valence-electron chi connectivity index (χ3n) is 5.01. The van der Waals surface area contributed by atoms with Gasteiger partial charge in [-0.1, -0.05) is 12.1 Å². The summed E-state index contributed by atoms with van der Waals surface area (Å²) in [7, 11) is 2.13. The third-order valence-corrected chi connectivity index (χ3v) is 5.01. The fourth-order valence-electron chi connectivity index (χ4n) is 3.72. The molecule has 0 radical (unpaired) electrons. The van der Waals surface area contributed by atoms with E-state index < -0.39 is 0 Å². The largest absolute Gasteiger partial charge is 0.366 e. The van der Waals surface area contributed by atoms with Crippen molar-refractivity contribution in [3.8, 4) is 0 Å². The lowest BCUT2D eigenvalue weighted by Crippen LogP contribution is -2.49. The monoisotopic (exact) mass is 319 g/mol. The highest BCUT2D eigenvalue weighted by Crippen LogP contribution is 2.22. The maximum absolute atomic E-state index is 13.8. The van der Waals surface area contributed by atoms with E-state index in [-0.39, 0.29) is 11.7 Å². The molecule has 0 spiro atoms. The van der Waals surface area contributed by atoms with Crippen LogP contribution in [0.25, 0.3) is 0 Å². The van der Waals surface area contributed by atoms with E-state index in [0.717, 1.165) is 19.5 Å². The lowest BCUT2D eigenvalue weighted by molar-refractivity contribution is -0.132. The van der Waals surface area contributed by atoms with Gasteiger partial charge < -0.3 is 14.7 Å². The molecule has 2 fully saturated rings. The Morgan fingerprint density at radius 3 is 2.61 bits per heavy atom. The van der Waals surface area contributed by atoms with Crippen molar-refractivity contribution in [2.24, 2.45) is 5.92 Å². The van der Waals surface area contributed by atoms with Crippen LogP contribution in [0.3, 0.4) is 0 Å². The number of rotatable bonds is 3. The van der Waals surface area contributed by atoms with Crippen molar-refractivity contribution in [2.45, 2.75) is 19.3 Å². The van der Waals surface area contributed by atoms with Gasteiger partial charge in [0, 0.05) is 39.1 Å². The summed E-state index contributed by atoms with van der Waals surface area (Å²) >= 11 is 0. The van der Waals surface area contributed by atoms with E-state index in [2.05, 4.69) is 11.9 Å². The molecule has 0 N–H and O–H groups in total. The molecule has 1 aromatic carbocycles. The first-order valence-electron chi connectivity index (χ1n) is 8.59. The first kappa shape index (κ1) is 16.2. The van der Waals surface area contributed by atoms with Crippen molar-refractivity contribution in [2.75, 3.05) is 51.2 Å². The number of piperazine rings is 1. The summed E-state index contributed by atoms with van der Waals surface area (Å²) in [6.07, 6.45) is 3.00. The summed E-state index contributed by atoms with van der Waals surface area (Å²) in [5.41, 5.74) is 0.647. The van der Waals surface area contributed by atoms with Gasteiger partial charge in [0.15, 0.2) is 0 Å². The standard InChI is InChI=1S/C18H26FN3O/c1-20-8-4-5-15(14-20)13-18(23)22-11-9-21(10-12-22)17-7-3-2-6-16(17)19/h2-3,6-7,15H,4-5,8-14H2,1H3. The Morgan fingerprint density at radius 1 is 1.17 bits per heavy atom. The summed E-state index contributed by atoms with van der Waals surface area (Å²) in [4.78, 5) is 18.8. The summed E-state index contributed by atoms with van der Waals surface area (Å²) < 4.78 is 13.8. The predicted octanol–water partition coefficient (Wildman–Crippen LogP) is 2.21. The molecule has 1 aromatic rings. The molecule has 3 rings (SSSR count). The molecule has 1 amide bonds. The number of halogens is 1. The second-order valence-electron chi connectivity index (χ2n) is 6.79. The zero-order valence-corrected chi connectivity index (χ0v) is 13.9. The highest BCUT2D eigenvalue weighted by Gasteiger charge is 2.26. The first-order valence-corrected chi connectivity index (χ1v) is 8.59. The number of benzene rings is 1. The molecule has 0 saturated carbocycles. The zero-order valence-electron chi connectivity index (χ0n) is 13.9. The molecule has 23 heavy (non-hydrogen) atoms. The van der Waals surface area contributed by atoms with Crippen molar-refractivity contribution in [3.63, 3.8) is 0 Å². The number of para-hydroxylation sites is 1. The van der Waals surface area contributed by atoms with E-state index in [1.807, 2.05) is 21.9 Å². The number of anilines is 1. The van der Waals surface area contributed by atoms with Gasteiger partial charge in [-0.2, -0.15) is 0 Å². The van der Waals surface area contributed by atoms with Crippen molar-refractivity contribution >= 4 is 11.6 Å². The minimum Gasteiger partial charge on any atom is -0.366 e. The molecule has 5 heteroatoms. The van der Waals surface area contributed by atoms with Gasteiger partial charge in [0.2, 0.25) is 5.91 Å². The van der Waals surface area contributed by atoms with Crippen LogP contribution in [0.5, 0.6) is 0 Å². The predicted molar refractivity (Wildman–Crippen MR) is 90.0 cm³/mol. The third kappa shape index (κ3) is 4.02. The van der Waals surface area contributed by atoms with Gasteiger partial charge in [-0.25, -0.2) is 4.39 Å². The Bertz CT molecular complexity index is 543. The average molecular weight is 319 g/mol. The Hall–Kier alpha value is -1.62. The average Bonchev–Trinajstić information content (AvgIpc) is 2.55. The van der Waals surface area contributed by atoms with E-state index in [1.54, 1.807) is 6.07 Å². The van der Waals surface area contributed by atoms with Crippen LogP contribution in [-0.2, 0) is 4.79 Å². The second kappa shape index (κ2) is 7.30. The van der Waals surface area contributed by atoms with Crippen molar-refractivity contribution in [1.82, 2.24) is 9.80 Å². The fourth-order valence-corrected chi connectivity index (χ4v) is 3.72. The van der Waals surface area contributed by atoms with Crippen molar-refractivity contribution in [3.05, 3.63) is 30.1 Å². The molecule has 0 aromatic heterocycles. The number of amides is 1. The molecular formula is C18H26FN3O. The van der Waals surface area contributed by atoms with Crippen LogP contribution in [0.4, 0.5) is 10.1 Å². The number of carbonyl (C=O) groups is 1. The molecular weight excluding hydrogens is 293 g/mol. The van der Waals surface area contributed by atoms with E-state index in [4.69, 9.17) is 0 Å². The summed E-state index contributed by atoms with van der Waals surface area (Å²) in [6, 6.07) is 6.87. The van der Waals surface area contributed by atoms with Crippen LogP contribution in [0.1, 0.15) is 19.3 Å². The van der Waals surface area contributed by atoms with Gasteiger partial charge in [-0.15, -0.1) is 0 Å². The molecule has 0 bridgehead atoms. The molecule has 1 atom stereocenters. The number of carbonyl (C=O) groups excluding carboxylic acids is 1. The van der Waals surface area contributed by atoms with Crippen LogP contribution < -0.4 is 4.90 Å². The maximum atomic E-state index is 13.8. The molecule has 1 unspecified atom stereocenters. The van der Waals surface area contributed by atoms with Gasteiger partial charge in [-0.3, -0.25) is 4.79 Å². The topological polar surface area (TPSA) is 26.8 Å². The van der Waals surface area contributed by atoms with Crippen molar-refractivity contribution in [1.29, 1.82) is 0 Å². The van der Waals surface area contributed by atoms with Gasteiger partial charge in [-0.05, 0) is 44.5 Å². The number of nitrogens with zero attached hydrogens (tertiary/aromatic N) is 3. The lowest BCUT2D eigenvalue weighted by Gasteiger charge is -2.37. The maximum Gasteiger partial charge on any atom is 0.223 e. The second-order valence-corrected chi connectivity index (χ2v) is 6.79. The number of hydrogen-bond acceptors (Lipinski definition) is 3. The molecule has 2 saturated heterocycles. The molecule has 4 nitrogen and oxygen atoms in total. The smallest absolute Gasteiger partial charge is 0.223 e. The quantitative estimate of drug-likeness (QED) is 0.855. The Labute approximate surface area is 137 Å². The number of hydrogen-bond donors (Lipinski definition) is 0. The van der Waals surface area contributed by atoms with E-state index in [0.29, 0.717) is 44.2 Å². The van der Waals surface area contributed by atoms with Gasteiger partial charge in [0.05, 0.1) is 5.69 Å². The molecule has 126 valence electrons. The van der Waals surface area contributed by atoms with Gasteiger partial charge in [0.25, 0.3) is 0 Å². The van der Waals surface area contributed by atoms with Crippen LogP contribution >= 0.6 is 0 Å². The Balaban J connectivity index is 1.50. The number of likely N-dealkylation sites (tertiary alicyclic amines) is 1. The SMILES string of the molecule is CN1CCCC(CC(=O)N2CCN(c3ccccc3F)CC2)C1. The van der Waals surface area contributed by atoms with E-state index in [1.165, 1.54) is 12.5 Å². The summed E-state index contributed by atoms with van der Waals surface area (Å²) in [5.74, 6) is 0.571. The van der Waals surface area contributed by atoms with E-state index >= 15 is 0 Å². The van der Waals surface area contributed by atoms with Gasteiger partial charge in [0.1, 0.15) is 5.82 Å². The Morgan fingerprint density at radius 2 is 1.91 bits per heavy atom. The molecule has 2 aliphatic rings. The first-order chi connectivity index (χ1) is 11.1. The van der Waals surface area contributed by atoms with Crippen LogP contribution in [0, 0.1) is 11.7 Å². The summed E-state index contributed by atoms with van der Waals surface area (Å²) in [6.45, 7) is 4.97.